The lowest BCUT2D eigenvalue weighted by Gasteiger charge is -2.15. The topological polar surface area (TPSA) is 29.5 Å². The standard InChI is InChI=1S/C17H25NO2/c1-3-8-15-12-18(11-14-9-6-5-7-10-14)13-16(15)17(19)20-4-2/h5-7,9-10,15-16H,3-4,8,11-13H2,1-2H3/t15-,16-/m0/s1. The first kappa shape index (κ1) is 15.0. The van der Waals surface area contributed by atoms with Gasteiger partial charge in [-0.15, -0.1) is 0 Å². The average molecular weight is 275 g/mol. The molecule has 3 nitrogen and oxygen atoms in total. The number of ether oxygens (including phenoxy) is 1. The molecule has 0 N–H and O–H groups in total. The van der Waals surface area contributed by atoms with Gasteiger partial charge in [-0.2, -0.15) is 0 Å². The van der Waals surface area contributed by atoms with Gasteiger partial charge in [0, 0.05) is 19.6 Å². The summed E-state index contributed by atoms with van der Waals surface area (Å²) < 4.78 is 5.24. The van der Waals surface area contributed by atoms with Gasteiger partial charge in [-0.05, 0) is 24.8 Å². The second kappa shape index (κ2) is 7.44. The Morgan fingerprint density at radius 2 is 2.00 bits per heavy atom. The molecule has 0 unspecified atom stereocenters. The van der Waals surface area contributed by atoms with E-state index in [2.05, 4.69) is 36.1 Å². The number of esters is 1. The molecule has 0 aliphatic carbocycles. The van der Waals surface area contributed by atoms with Gasteiger partial charge in [0.1, 0.15) is 0 Å². The van der Waals surface area contributed by atoms with Crippen molar-refractivity contribution in [3.8, 4) is 0 Å². The molecule has 110 valence electrons. The first-order chi connectivity index (χ1) is 9.74. The summed E-state index contributed by atoms with van der Waals surface area (Å²) in [6.07, 6.45) is 2.23. The monoisotopic (exact) mass is 275 g/mol. The Morgan fingerprint density at radius 1 is 1.25 bits per heavy atom. The van der Waals surface area contributed by atoms with Gasteiger partial charge in [-0.25, -0.2) is 0 Å². The molecule has 0 amide bonds. The van der Waals surface area contributed by atoms with Crippen molar-refractivity contribution in [3.63, 3.8) is 0 Å². The second-order valence-electron chi connectivity index (χ2n) is 5.59. The lowest BCUT2D eigenvalue weighted by atomic mass is 9.92. The Kier molecular flexibility index (Phi) is 5.60. The van der Waals surface area contributed by atoms with Crippen molar-refractivity contribution < 1.29 is 9.53 Å². The van der Waals surface area contributed by atoms with Crippen LogP contribution in [0.2, 0.25) is 0 Å². The zero-order valence-corrected chi connectivity index (χ0v) is 12.5. The summed E-state index contributed by atoms with van der Waals surface area (Å²) in [6.45, 7) is 7.31. The average Bonchev–Trinajstić information content (AvgIpc) is 2.83. The van der Waals surface area contributed by atoms with Gasteiger partial charge in [0.25, 0.3) is 0 Å². The zero-order valence-electron chi connectivity index (χ0n) is 12.5. The number of benzene rings is 1. The van der Waals surface area contributed by atoms with E-state index in [1.54, 1.807) is 0 Å². The van der Waals surface area contributed by atoms with E-state index in [9.17, 15) is 4.79 Å². The van der Waals surface area contributed by atoms with Crippen LogP contribution < -0.4 is 0 Å². The van der Waals surface area contributed by atoms with E-state index in [0.717, 1.165) is 32.5 Å². The van der Waals surface area contributed by atoms with Gasteiger partial charge >= 0.3 is 5.97 Å². The zero-order chi connectivity index (χ0) is 14.4. The maximum Gasteiger partial charge on any atom is 0.310 e. The summed E-state index contributed by atoms with van der Waals surface area (Å²) in [5.74, 6) is 0.489. The summed E-state index contributed by atoms with van der Waals surface area (Å²) in [5.41, 5.74) is 1.31. The van der Waals surface area contributed by atoms with Crippen LogP contribution in [-0.2, 0) is 16.1 Å². The predicted octanol–water partition coefficient (Wildman–Crippen LogP) is 3.10. The van der Waals surface area contributed by atoms with E-state index >= 15 is 0 Å². The van der Waals surface area contributed by atoms with E-state index in [0.29, 0.717) is 12.5 Å². The lowest BCUT2D eigenvalue weighted by Crippen LogP contribution is -2.25. The smallest absolute Gasteiger partial charge is 0.310 e. The highest BCUT2D eigenvalue weighted by Gasteiger charge is 2.37. The minimum atomic E-state index is -0.0125. The number of nitrogens with zero attached hydrogens (tertiary/aromatic N) is 1. The molecule has 1 fully saturated rings. The third-order valence-corrected chi connectivity index (χ3v) is 4.01. The predicted molar refractivity (Wildman–Crippen MR) is 80.2 cm³/mol. The Balaban J connectivity index is 1.98. The maximum absolute atomic E-state index is 12.1. The molecular formula is C17H25NO2. The van der Waals surface area contributed by atoms with Crippen molar-refractivity contribution >= 4 is 5.97 Å². The number of hydrogen-bond donors (Lipinski definition) is 0. The van der Waals surface area contributed by atoms with Crippen LogP contribution in [0.3, 0.4) is 0 Å². The highest BCUT2D eigenvalue weighted by molar-refractivity contribution is 5.73. The summed E-state index contributed by atoms with van der Waals surface area (Å²) in [6, 6.07) is 10.5. The Morgan fingerprint density at radius 3 is 2.65 bits per heavy atom. The summed E-state index contributed by atoms with van der Waals surface area (Å²) in [5, 5.41) is 0. The molecular weight excluding hydrogens is 250 g/mol. The Bertz CT molecular complexity index is 418. The van der Waals surface area contributed by atoms with Crippen LogP contribution in [0, 0.1) is 11.8 Å². The molecule has 0 bridgehead atoms. The first-order valence-electron chi connectivity index (χ1n) is 7.67. The normalized spacial score (nSPS) is 22.9. The van der Waals surface area contributed by atoms with E-state index in [4.69, 9.17) is 4.74 Å². The summed E-state index contributed by atoms with van der Waals surface area (Å²) >= 11 is 0. The number of hydrogen-bond acceptors (Lipinski definition) is 3. The van der Waals surface area contributed by atoms with Crippen LogP contribution in [-0.4, -0.2) is 30.6 Å². The van der Waals surface area contributed by atoms with Crippen molar-refractivity contribution in [2.45, 2.75) is 33.2 Å². The molecule has 0 radical (unpaired) electrons. The van der Waals surface area contributed by atoms with E-state index in [1.807, 2.05) is 13.0 Å². The molecule has 2 atom stereocenters. The molecule has 0 saturated carbocycles. The molecule has 0 spiro atoms. The van der Waals surface area contributed by atoms with Crippen molar-refractivity contribution in [1.29, 1.82) is 0 Å². The number of rotatable bonds is 6. The molecule has 20 heavy (non-hydrogen) atoms. The van der Waals surface area contributed by atoms with Crippen LogP contribution in [0.5, 0.6) is 0 Å². The van der Waals surface area contributed by atoms with Crippen LogP contribution in [0.1, 0.15) is 32.3 Å². The molecule has 1 aromatic rings. The molecule has 1 saturated heterocycles. The van der Waals surface area contributed by atoms with Gasteiger partial charge in [-0.1, -0.05) is 43.7 Å². The van der Waals surface area contributed by atoms with Gasteiger partial charge in [-0.3, -0.25) is 9.69 Å². The molecule has 1 aliphatic heterocycles. The number of carbonyl (C=O) groups excluding carboxylic acids is 1. The first-order valence-corrected chi connectivity index (χ1v) is 7.67. The van der Waals surface area contributed by atoms with Gasteiger partial charge < -0.3 is 4.74 Å². The molecule has 1 aliphatic rings. The quantitative estimate of drug-likeness (QED) is 0.747. The molecule has 1 aromatic carbocycles. The van der Waals surface area contributed by atoms with Gasteiger partial charge in [0.05, 0.1) is 12.5 Å². The van der Waals surface area contributed by atoms with Crippen LogP contribution in [0.25, 0.3) is 0 Å². The van der Waals surface area contributed by atoms with Crippen molar-refractivity contribution in [1.82, 2.24) is 4.90 Å². The van der Waals surface area contributed by atoms with Crippen molar-refractivity contribution in [2.75, 3.05) is 19.7 Å². The largest absolute Gasteiger partial charge is 0.466 e. The van der Waals surface area contributed by atoms with Gasteiger partial charge in [0.2, 0.25) is 0 Å². The van der Waals surface area contributed by atoms with Crippen molar-refractivity contribution in [3.05, 3.63) is 35.9 Å². The maximum atomic E-state index is 12.1. The lowest BCUT2D eigenvalue weighted by molar-refractivity contribution is -0.148. The van der Waals surface area contributed by atoms with Crippen LogP contribution >= 0.6 is 0 Å². The van der Waals surface area contributed by atoms with E-state index in [1.165, 1.54) is 5.56 Å². The Labute approximate surface area is 121 Å². The van der Waals surface area contributed by atoms with Crippen LogP contribution in [0.15, 0.2) is 30.3 Å². The molecule has 0 aromatic heterocycles. The highest BCUT2D eigenvalue weighted by Crippen LogP contribution is 2.29. The minimum absolute atomic E-state index is 0.0125. The SMILES string of the molecule is CCC[C@H]1CN(Cc2ccccc2)C[C@@H]1C(=O)OCC. The Hall–Kier alpha value is -1.35. The third-order valence-electron chi connectivity index (χ3n) is 4.01. The van der Waals surface area contributed by atoms with E-state index < -0.39 is 0 Å². The number of likely N-dealkylation sites (tertiary alicyclic amines) is 1. The fourth-order valence-electron chi connectivity index (χ4n) is 3.11. The van der Waals surface area contributed by atoms with Gasteiger partial charge in [0.15, 0.2) is 0 Å². The summed E-state index contributed by atoms with van der Waals surface area (Å²) in [4.78, 5) is 14.5. The minimum Gasteiger partial charge on any atom is -0.466 e. The van der Waals surface area contributed by atoms with E-state index in [-0.39, 0.29) is 11.9 Å². The number of carbonyl (C=O) groups is 1. The molecule has 3 heteroatoms. The fourth-order valence-corrected chi connectivity index (χ4v) is 3.11. The van der Waals surface area contributed by atoms with Crippen molar-refractivity contribution in [2.24, 2.45) is 11.8 Å². The molecule has 2 rings (SSSR count). The second-order valence-corrected chi connectivity index (χ2v) is 5.59. The fraction of sp³-hybridized carbons (Fsp3) is 0.588. The molecule has 1 heterocycles. The third kappa shape index (κ3) is 3.83. The summed E-state index contributed by atoms with van der Waals surface area (Å²) in [7, 11) is 0. The highest BCUT2D eigenvalue weighted by atomic mass is 16.5. The van der Waals surface area contributed by atoms with Crippen LogP contribution in [0.4, 0.5) is 0 Å².